The van der Waals surface area contributed by atoms with E-state index in [0.29, 0.717) is 13.0 Å². The van der Waals surface area contributed by atoms with Gasteiger partial charge in [0.25, 0.3) is 0 Å². The summed E-state index contributed by atoms with van der Waals surface area (Å²) in [6.07, 6.45) is 3.08. The van der Waals surface area contributed by atoms with E-state index in [0.717, 1.165) is 6.42 Å². The lowest BCUT2D eigenvalue weighted by Gasteiger charge is -2.02. The highest BCUT2D eigenvalue weighted by Gasteiger charge is 1.95. The minimum atomic E-state index is 0.0385. The standard InChI is InChI=1S/C8H15NO2/c1-3-5-8(10)9-7-11-6-4-2/h4H,2-3,5-7H2,1H3,(H,9,10). The second-order valence-electron chi connectivity index (χ2n) is 2.15. The Morgan fingerprint density at radius 1 is 1.73 bits per heavy atom. The van der Waals surface area contributed by atoms with Gasteiger partial charge in [-0.3, -0.25) is 4.79 Å². The Balaban J connectivity index is 3.10. The van der Waals surface area contributed by atoms with Crippen LogP contribution in [0.5, 0.6) is 0 Å². The van der Waals surface area contributed by atoms with E-state index in [9.17, 15) is 4.79 Å². The third-order valence-electron chi connectivity index (χ3n) is 1.08. The molecule has 0 aromatic rings. The van der Waals surface area contributed by atoms with E-state index in [1.54, 1.807) is 6.08 Å². The van der Waals surface area contributed by atoms with Crippen molar-refractivity contribution in [3.05, 3.63) is 12.7 Å². The maximum absolute atomic E-state index is 10.8. The molecule has 0 aliphatic rings. The van der Waals surface area contributed by atoms with E-state index in [2.05, 4.69) is 11.9 Å². The predicted octanol–water partition coefficient (Wildman–Crippen LogP) is 1.06. The van der Waals surface area contributed by atoms with E-state index >= 15 is 0 Å². The van der Waals surface area contributed by atoms with Crippen LogP contribution in [0.3, 0.4) is 0 Å². The molecule has 0 saturated heterocycles. The molecule has 0 aromatic carbocycles. The van der Waals surface area contributed by atoms with Gasteiger partial charge in [-0.25, -0.2) is 0 Å². The van der Waals surface area contributed by atoms with Crippen LogP contribution in [0.1, 0.15) is 19.8 Å². The molecule has 11 heavy (non-hydrogen) atoms. The van der Waals surface area contributed by atoms with Crippen LogP contribution in [0, 0.1) is 0 Å². The molecule has 1 N–H and O–H groups in total. The SMILES string of the molecule is C=CCOCNC(=O)CCC. The number of hydrogen-bond acceptors (Lipinski definition) is 2. The van der Waals surface area contributed by atoms with Gasteiger partial charge in [-0.2, -0.15) is 0 Å². The van der Waals surface area contributed by atoms with Crippen molar-refractivity contribution in [1.82, 2.24) is 5.32 Å². The normalized spacial score (nSPS) is 9.18. The Bertz CT molecular complexity index is 123. The van der Waals surface area contributed by atoms with Crippen LogP contribution in [-0.2, 0) is 9.53 Å². The largest absolute Gasteiger partial charge is 0.357 e. The molecule has 0 saturated carbocycles. The Kier molecular flexibility index (Phi) is 6.73. The van der Waals surface area contributed by atoms with Gasteiger partial charge in [0.1, 0.15) is 6.73 Å². The highest BCUT2D eigenvalue weighted by atomic mass is 16.5. The van der Waals surface area contributed by atoms with E-state index in [-0.39, 0.29) is 12.6 Å². The monoisotopic (exact) mass is 157 g/mol. The Labute approximate surface area is 67.4 Å². The Hall–Kier alpha value is -0.830. The Morgan fingerprint density at radius 3 is 3.00 bits per heavy atom. The second kappa shape index (κ2) is 7.28. The quantitative estimate of drug-likeness (QED) is 0.356. The van der Waals surface area contributed by atoms with E-state index in [4.69, 9.17) is 4.74 Å². The van der Waals surface area contributed by atoms with Gasteiger partial charge in [-0.05, 0) is 6.42 Å². The molecule has 3 nitrogen and oxygen atoms in total. The molecule has 0 radical (unpaired) electrons. The molecule has 0 heterocycles. The van der Waals surface area contributed by atoms with Gasteiger partial charge >= 0.3 is 0 Å². The maximum atomic E-state index is 10.8. The molecule has 0 spiro atoms. The fraction of sp³-hybridized carbons (Fsp3) is 0.625. The van der Waals surface area contributed by atoms with Gasteiger partial charge in [0.05, 0.1) is 6.61 Å². The molecule has 64 valence electrons. The van der Waals surface area contributed by atoms with Gasteiger partial charge < -0.3 is 10.1 Å². The van der Waals surface area contributed by atoms with Crippen molar-refractivity contribution in [3.8, 4) is 0 Å². The first-order valence-electron chi connectivity index (χ1n) is 3.76. The molecular weight excluding hydrogens is 142 g/mol. The fourth-order valence-electron chi connectivity index (χ4n) is 0.589. The summed E-state index contributed by atoms with van der Waals surface area (Å²) in [5, 5.41) is 2.61. The number of ether oxygens (including phenoxy) is 1. The molecule has 0 aromatic heterocycles. The van der Waals surface area contributed by atoms with Gasteiger partial charge in [0.2, 0.25) is 5.91 Å². The van der Waals surface area contributed by atoms with Crippen LogP contribution in [0.25, 0.3) is 0 Å². The summed E-state index contributed by atoms with van der Waals surface area (Å²) in [5.41, 5.74) is 0. The van der Waals surface area contributed by atoms with Crippen LogP contribution >= 0.6 is 0 Å². The lowest BCUT2D eigenvalue weighted by molar-refractivity contribution is -0.122. The first-order valence-corrected chi connectivity index (χ1v) is 3.76. The first-order chi connectivity index (χ1) is 5.31. The zero-order valence-electron chi connectivity index (χ0n) is 6.93. The zero-order chi connectivity index (χ0) is 8.53. The Morgan fingerprint density at radius 2 is 2.45 bits per heavy atom. The number of carbonyl (C=O) groups is 1. The van der Waals surface area contributed by atoms with Gasteiger partial charge in [-0.15, -0.1) is 6.58 Å². The third-order valence-corrected chi connectivity index (χ3v) is 1.08. The van der Waals surface area contributed by atoms with Crippen molar-refractivity contribution < 1.29 is 9.53 Å². The van der Waals surface area contributed by atoms with E-state index in [1.807, 2.05) is 6.92 Å². The van der Waals surface area contributed by atoms with Crippen molar-refractivity contribution in [1.29, 1.82) is 0 Å². The van der Waals surface area contributed by atoms with Crippen LogP contribution in [0.15, 0.2) is 12.7 Å². The van der Waals surface area contributed by atoms with Gasteiger partial charge in [0.15, 0.2) is 0 Å². The summed E-state index contributed by atoms with van der Waals surface area (Å²) in [6, 6.07) is 0. The molecule has 0 bridgehead atoms. The summed E-state index contributed by atoms with van der Waals surface area (Å²) in [6.45, 7) is 6.20. The molecule has 0 rings (SSSR count). The molecular formula is C8H15NO2. The number of carbonyl (C=O) groups excluding carboxylic acids is 1. The summed E-state index contributed by atoms with van der Waals surface area (Å²) in [4.78, 5) is 10.8. The van der Waals surface area contributed by atoms with E-state index < -0.39 is 0 Å². The number of amides is 1. The smallest absolute Gasteiger partial charge is 0.221 e. The molecule has 0 aliphatic carbocycles. The minimum Gasteiger partial charge on any atom is -0.357 e. The third kappa shape index (κ3) is 7.06. The summed E-state index contributed by atoms with van der Waals surface area (Å²) >= 11 is 0. The van der Waals surface area contributed by atoms with Crippen molar-refractivity contribution in [3.63, 3.8) is 0 Å². The first kappa shape index (κ1) is 10.2. The summed E-state index contributed by atoms with van der Waals surface area (Å²) < 4.78 is 4.95. The molecule has 0 aliphatic heterocycles. The average Bonchev–Trinajstić information content (AvgIpc) is 1.99. The lowest BCUT2D eigenvalue weighted by Crippen LogP contribution is -2.25. The topological polar surface area (TPSA) is 38.3 Å². The fourth-order valence-corrected chi connectivity index (χ4v) is 0.589. The minimum absolute atomic E-state index is 0.0385. The van der Waals surface area contributed by atoms with Crippen molar-refractivity contribution in [2.45, 2.75) is 19.8 Å². The van der Waals surface area contributed by atoms with Crippen LogP contribution in [-0.4, -0.2) is 19.2 Å². The van der Waals surface area contributed by atoms with Gasteiger partial charge in [-0.1, -0.05) is 13.0 Å². The number of hydrogen-bond donors (Lipinski definition) is 1. The molecule has 1 amide bonds. The van der Waals surface area contributed by atoms with Crippen LogP contribution in [0.4, 0.5) is 0 Å². The zero-order valence-corrected chi connectivity index (χ0v) is 6.93. The maximum Gasteiger partial charge on any atom is 0.221 e. The molecule has 0 fully saturated rings. The molecule has 0 unspecified atom stereocenters. The van der Waals surface area contributed by atoms with Gasteiger partial charge in [0, 0.05) is 6.42 Å². The van der Waals surface area contributed by atoms with Crippen molar-refractivity contribution in [2.24, 2.45) is 0 Å². The number of nitrogens with one attached hydrogen (secondary N) is 1. The van der Waals surface area contributed by atoms with Crippen molar-refractivity contribution >= 4 is 5.91 Å². The predicted molar refractivity (Wildman–Crippen MR) is 44.1 cm³/mol. The highest BCUT2D eigenvalue weighted by molar-refractivity contribution is 5.75. The van der Waals surface area contributed by atoms with Crippen LogP contribution < -0.4 is 5.32 Å². The average molecular weight is 157 g/mol. The van der Waals surface area contributed by atoms with Crippen LogP contribution in [0.2, 0.25) is 0 Å². The van der Waals surface area contributed by atoms with E-state index in [1.165, 1.54) is 0 Å². The lowest BCUT2D eigenvalue weighted by atomic mass is 10.3. The highest BCUT2D eigenvalue weighted by Crippen LogP contribution is 1.84. The van der Waals surface area contributed by atoms with Crippen molar-refractivity contribution in [2.75, 3.05) is 13.3 Å². The number of rotatable bonds is 6. The molecule has 3 heteroatoms. The summed E-state index contributed by atoms with van der Waals surface area (Å²) in [7, 11) is 0. The summed E-state index contributed by atoms with van der Waals surface area (Å²) in [5.74, 6) is 0.0385. The molecule has 0 atom stereocenters. The second-order valence-corrected chi connectivity index (χ2v) is 2.15.